The Bertz CT molecular complexity index is 556. The Balaban J connectivity index is 0.00000133. The minimum Gasteiger partial charge on any atom is -0.505 e. The smallest absolute Gasteiger partial charge is 0.146 e. The quantitative estimate of drug-likeness (QED) is 0.916. The van der Waals surface area contributed by atoms with E-state index in [4.69, 9.17) is 4.74 Å². The molecule has 0 saturated carbocycles. The maximum Gasteiger partial charge on any atom is 0.146 e. The summed E-state index contributed by atoms with van der Waals surface area (Å²) in [5.74, 6) is 0.305. The van der Waals surface area contributed by atoms with Gasteiger partial charge in [-0.25, -0.2) is 0 Å². The van der Waals surface area contributed by atoms with Crippen LogP contribution in [0.25, 0.3) is 10.9 Å². The first-order valence-electron chi connectivity index (χ1n) is 6.20. The second-order valence-corrected chi connectivity index (χ2v) is 4.54. The highest BCUT2D eigenvalue weighted by molar-refractivity contribution is 5.85. The van der Waals surface area contributed by atoms with E-state index in [0.29, 0.717) is 11.3 Å². The van der Waals surface area contributed by atoms with E-state index < -0.39 is 0 Å². The molecule has 0 bridgehead atoms. The first-order valence-corrected chi connectivity index (χ1v) is 6.20. The number of halogens is 1. The largest absolute Gasteiger partial charge is 0.505 e. The van der Waals surface area contributed by atoms with E-state index in [9.17, 15) is 5.11 Å². The lowest BCUT2D eigenvalue weighted by Gasteiger charge is -2.26. The minimum absolute atomic E-state index is 0. The second-order valence-electron chi connectivity index (χ2n) is 4.54. The number of ether oxygens (including phenoxy) is 1. The molecule has 1 aliphatic rings. The number of aromatic hydroxyl groups is 1. The summed E-state index contributed by atoms with van der Waals surface area (Å²) in [6.45, 7) is 4.13. The lowest BCUT2D eigenvalue weighted by Crippen LogP contribution is -2.35. The summed E-state index contributed by atoms with van der Waals surface area (Å²) < 4.78 is 5.32. The summed E-state index contributed by atoms with van der Waals surface area (Å²) in [5.41, 5.74) is 1.62. The molecule has 2 aromatic rings. The van der Waals surface area contributed by atoms with Gasteiger partial charge < -0.3 is 9.84 Å². The summed E-state index contributed by atoms with van der Waals surface area (Å²) >= 11 is 0. The summed E-state index contributed by atoms with van der Waals surface area (Å²) in [4.78, 5) is 6.53. The highest BCUT2D eigenvalue weighted by atomic mass is 35.5. The van der Waals surface area contributed by atoms with Gasteiger partial charge in [-0.15, -0.1) is 12.4 Å². The van der Waals surface area contributed by atoms with Gasteiger partial charge in [-0.05, 0) is 6.07 Å². The third kappa shape index (κ3) is 2.97. The van der Waals surface area contributed by atoms with Crippen molar-refractivity contribution in [3.63, 3.8) is 0 Å². The van der Waals surface area contributed by atoms with E-state index in [-0.39, 0.29) is 12.4 Å². The molecule has 1 aliphatic heterocycles. The normalized spacial score (nSPS) is 16.2. The first-order chi connectivity index (χ1) is 8.84. The lowest BCUT2D eigenvalue weighted by molar-refractivity contribution is 0.0339. The van der Waals surface area contributed by atoms with Crippen molar-refractivity contribution in [3.8, 4) is 5.75 Å². The number of phenols is 1. The lowest BCUT2D eigenvalue weighted by atomic mass is 10.1. The van der Waals surface area contributed by atoms with Crippen LogP contribution in [0.1, 0.15) is 5.56 Å². The van der Waals surface area contributed by atoms with Gasteiger partial charge in [0.05, 0.1) is 13.2 Å². The highest BCUT2D eigenvalue weighted by Crippen LogP contribution is 2.27. The molecule has 5 heteroatoms. The zero-order valence-electron chi connectivity index (χ0n) is 10.6. The third-order valence-electron chi connectivity index (χ3n) is 3.33. The molecule has 1 saturated heterocycles. The zero-order chi connectivity index (χ0) is 12.4. The maximum absolute atomic E-state index is 10.3. The van der Waals surface area contributed by atoms with Gasteiger partial charge in [0.1, 0.15) is 11.3 Å². The van der Waals surface area contributed by atoms with E-state index in [1.165, 1.54) is 0 Å². The molecule has 102 valence electrons. The number of fused-ring (bicyclic) bond motifs is 1. The second kappa shape index (κ2) is 6.19. The van der Waals surface area contributed by atoms with E-state index in [1.807, 2.05) is 24.3 Å². The summed E-state index contributed by atoms with van der Waals surface area (Å²) in [5, 5.41) is 11.2. The fourth-order valence-corrected chi connectivity index (χ4v) is 2.30. The van der Waals surface area contributed by atoms with Crippen molar-refractivity contribution in [3.05, 3.63) is 36.0 Å². The summed E-state index contributed by atoms with van der Waals surface area (Å²) in [6, 6.07) is 7.83. The molecule has 0 radical (unpaired) electrons. The first kappa shape index (κ1) is 14.1. The Morgan fingerprint density at radius 3 is 2.79 bits per heavy atom. The van der Waals surface area contributed by atoms with Crippen molar-refractivity contribution in [1.82, 2.24) is 9.88 Å². The molecule has 0 atom stereocenters. The Morgan fingerprint density at radius 2 is 2.00 bits per heavy atom. The van der Waals surface area contributed by atoms with Crippen LogP contribution in [0, 0.1) is 0 Å². The molecule has 1 N–H and O–H groups in total. The highest BCUT2D eigenvalue weighted by Gasteiger charge is 2.14. The SMILES string of the molecule is Cl.Oc1c(CN2CCOCC2)ccc2cccnc12. The summed E-state index contributed by atoms with van der Waals surface area (Å²) in [6.07, 6.45) is 1.71. The topological polar surface area (TPSA) is 45.6 Å². The third-order valence-corrected chi connectivity index (χ3v) is 3.33. The molecule has 1 fully saturated rings. The molecule has 0 amide bonds. The van der Waals surface area contributed by atoms with E-state index >= 15 is 0 Å². The number of rotatable bonds is 2. The number of phenolic OH excluding ortho intramolecular Hbond substituents is 1. The number of morpholine rings is 1. The van der Waals surface area contributed by atoms with Crippen molar-refractivity contribution < 1.29 is 9.84 Å². The number of nitrogens with zero attached hydrogens (tertiary/aromatic N) is 2. The van der Waals surface area contributed by atoms with Crippen molar-refractivity contribution in [1.29, 1.82) is 0 Å². The van der Waals surface area contributed by atoms with Crippen LogP contribution in [0.3, 0.4) is 0 Å². The monoisotopic (exact) mass is 280 g/mol. The Hall–Kier alpha value is -1.36. The van der Waals surface area contributed by atoms with Gasteiger partial charge in [0.15, 0.2) is 0 Å². The van der Waals surface area contributed by atoms with Crippen LogP contribution >= 0.6 is 12.4 Å². The molecular weight excluding hydrogens is 264 g/mol. The van der Waals surface area contributed by atoms with Gasteiger partial charge in [0.25, 0.3) is 0 Å². The number of hydrogen-bond donors (Lipinski definition) is 1. The van der Waals surface area contributed by atoms with Crippen LogP contribution in [0.4, 0.5) is 0 Å². The predicted molar refractivity (Wildman–Crippen MR) is 76.8 cm³/mol. The minimum atomic E-state index is 0. The number of aromatic nitrogens is 1. The molecule has 1 aromatic carbocycles. The molecule has 4 nitrogen and oxygen atoms in total. The van der Waals surface area contributed by atoms with Crippen LogP contribution in [0.5, 0.6) is 5.75 Å². The van der Waals surface area contributed by atoms with Gasteiger partial charge in [-0.3, -0.25) is 9.88 Å². The van der Waals surface area contributed by atoms with E-state index in [1.54, 1.807) is 6.20 Å². The van der Waals surface area contributed by atoms with Crippen LogP contribution in [0.15, 0.2) is 30.5 Å². The van der Waals surface area contributed by atoms with Crippen LogP contribution in [-0.4, -0.2) is 41.3 Å². The molecule has 1 aromatic heterocycles. The van der Waals surface area contributed by atoms with Crippen molar-refractivity contribution in [2.24, 2.45) is 0 Å². The van der Waals surface area contributed by atoms with Crippen molar-refractivity contribution in [2.75, 3.05) is 26.3 Å². The molecule has 3 rings (SSSR count). The summed E-state index contributed by atoms with van der Waals surface area (Å²) in [7, 11) is 0. The van der Waals surface area contributed by atoms with Gasteiger partial charge >= 0.3 is 0 Å². The van der Waals surface area contributed by atoms with Crippen molar-refractivity contribution in [2.45, 2.75) is 6.54 Å². The molecule has 0 spiro atoms. The van der Waals surface area contributed by atoms with Gasteiger partial charge in [0.2, 0.25) is 0 Å². The fraction of sp³-hybridized carbons (Fsp3) is 0.357. The number of benzene rings is 1. The average Bonchev–Trinajstić information content (AvgIpc) is 2.43. The van der Waals surface area contributed by atoms with Crippen LogP contribution in [-0.2, 0) is 11.3 Å². The number of pyridine rings is 1. The molecule has 0 unspecified atom stereocenters. The fourth-order valence-electron chi connectivity index (χ4n) is 2.30. The van der Waals surface area contributed by atoms with Gasteiger partial charge in [-0.2, -0.15) is 0 Å². The average molecular weight is 281 g/mol. The van der Waals surface area contributed by atoms with Crippen LogP contribution in [0.2, 0.25) is 0 Å². The molecular formula is C14H17ClN2O2. The standard InChI is InChI=1S/C14H16N2O2.ClH/c17-14-12(10-16-6-8-18-9-7-16)4-3-11-2-1-5-15-13(11)14;/h1-5,17H,6-10H2;1H. The predicted octanol–water partition coefficient (Wildman–Crippen LogP) is 2.19. The van der Waals surface area contributed by atoms with Gasteiger partial charge in [0, 0.05) is 36.8 Å². The Morgan fingerprint density at radius 1 is 1.21 bits per heavy atom. The van der Waals surface area contributed by atoms with E-state index in [2.05, 4.69) is 9.88 Å². The van der Waals surface area contributed by atoms with Gasteiger partial charge in [-0.1, -0.05) is 18.2 Å². The Kier molecular flexibility index (Phi) is 4.58. The van der Waals surface area contributed by atoms with Crippen molar-refractivity contribution >= 4 is 23.3 Å². The molecule has 0 aliphatic carbocycles. The molecule has 2 heterocycles. The zero-order valence-corrected chi connectivity index (χ0v) is 11.4. The Labute approximate surface area is 118 Å². The molecule has 19 heavy (non-hydrogen) atoms. The van der Waals surface area contributed by atoms with E-state index in [0.717, 1.165) is 43.8 Å². The maximum atomic E-state index is 10.3. The van der Waals surface area contributed by atoms with Crippen LogP contribution < -0.4 is 0 Å². The number of hydrogen-bond acceptors (Lipinski definition) is 4.